The van der Waals surface area contributed by atoms with E-state index in [0.29, 0.717) is 0 Å². The van der Waals surface area contributed by atoms with Crippen LogP contribution in [0, 0.1) is 10.1 Å². The molecule has 0 spiro atoms. The van der Waals surface area contributed by atoms with Gasteiger partial charge in [-0.25, -0.2) is 4.79 Å². The number of hydrogen-bond donors (Lipinski definition) is 1. The molecular weight excluding hydrogens is 206 g/mol. The third-order valence-electron chi connectivity index (χ3n) is 1.90. The number of carboxylic acid groups (broad SMARTS) is 1. The largest absolute Gasteiger partial charge is 0.478 e. The number of hydrogen-bond acceptors (Lipinski definition) is 5. The van der Waals surface area contributed by atoms with E-state index in [1.807, 2.05) is 0 Å². The molecule has 1 heterocycles. The predicted octanol–water partition coefficient (Wildman–Crippen LogP) is 1.02. The number of carboxylic acids is 1. The number of aromatic carboxylic acids is 1. The summed E-state index contributed by atoms with van der Waals surface area (Å²) in [5.74, 6) is -1.17. The van der Waals surface area contributed by atoms with Gasteiger partial charge in [0.15, 0.2) is 11.5 Å². The Labute approximate surface area is 83.0 Å². The van der Waals surface area contributed by atoms with Crippen molar-refractivity contribution < 1.29 is 24.3 Å². The first-order valence-electron chi connectivity index (χ1n) is 3.91. The van der Waals surface area contributed by atoms with Crippen molar-refractivity contribution in [3.63, 3.8) is 0 Å². The van der Waals surface area contributed by atoms with E-state index >= 15 is 0 Å². The smallest absolute Gasteiger partial charge is 0.339 e. The third-order valence-corrected chi connectivity index (χ3v) is 1.90. The fourth-order valence-electron chi connectivity index (χ4n) is 1.26. The highest BCUT2D eigenvalue weighted by Crippen LogP contribution is 2.38. The number of nitro benzene ring substituents is 1. The molecule has 0 amide bonds. The van der Waals surface area contributed by atoms with Gasteiger partial charge in [0, 0.05) is 6.07 Å². The molecule has 7 nitrogen and oxygen atoms in total. The summed E-state index contributed by atoms with van der Waals surface area (Å²) in [4.78, 5) is 20.6. The van der Waals surface area contributed by atoms with Crippen LogP contribution in [0.4, 0.5) is 5.69 Å². The Morgan fingerprint density at radius 2 is 2.20 bits per heavy atom. The predicted molar refractivity (Wildman–Crippen MR) is 46.2 cm³/mol. The lowest BCUT2D eigenvalue weighted by Crippen LogP contribution is -2.00. The number of rotatable bonds is 2. The lowest BCUT2D eigenvalue weighted by molar-refractivity contribution is -0.384. The van der Waals surface area contributed by atoms with Crippen molar-refractivity contribution in [1.82, 2.24) is 0 Å². The number of non-ortho nitro benzene ring substituents is 1. The van der Waals surface area contributed by atoms with Crippen LogP contribution in [0.3, 0.4) is 0 Å². The quantitative estimate of drug-likeness (QED) is 0.579. The van der Waals surface area contributed by atoms with E-state index in [1.54, 1.807) is 0 Å². The number of fused-ring (bicyclic) bond motifs is 1. The second kappa shape index (κ2) is 3.12. The maximum absolute atomic E-state index is 10.8. The summed E-state index contributed by atoms with van der Waals surface area (Å²) in [6.07, 6.45) is 0. The maximum atomic E-state index is 10.8. The molecular formula is C8H5NO6. The van der Waals surface area contributed by atoms with Gasteiger partial charge in [-0.3, -0.25) is 10.1 Å². The van der Waals surface area contributed by atoms with Crippen LogP contribution in [0.25, 0.3) is 0 Å². The molecule has 0 aromatic heterocycles. The van der Waals surface area contributed by atoms with Crippen LogP contribution in [-0.2, 0) is 0 Å². The third kappa shape index (κ3) is 1.43. The molecule has 15 heavy (non-hydrogen) atoms. The van der Waals surface area contributed by atoms with Gasteiger partial charge in [0.25, 0.3) is 5.69 Å². The Kier molecular flexibility index (Phi) is 1.93. The molecule has 0 radical (unpaired) electrons. The van der Waals surface area contributed by atoms with Crippen molar-refractivity contribution in [2.24, 2.45) is 0 Å². The minimum absolute atomic E-state index is 0.0353. The van der Waals surface area contributed by atoms with Gasteiger partial charge in [0.2, 0.25) is 6.79 Å². The summed E-state index contributed by atoms with van der Waals surface area (Å²) in [5, 5.41) is 19.3. The number of ether oxygens (including phenoxy) is 2. The fourth-order valence-corrected chi connectivity index (χ4v) is 1.26. The van der Waals surface area contributed by atoms with Crippen LogP contribution in [0.5, 0.6) is 11.5 Å². The topological polar surface area (TPSA) is 98.9 Å². The Balaban J connectivity index is 2.62. The summed E-state index contributed by atoms with van der Waals surface area (Å²) < 4.78 is 9.79. The SMILES string of the molecule is O=C(O)c1cc([N+](=O)[O-])cc2c1OCO2. The zero-order chi connectivity index (χ0) is 11.0. The molecule has 7 heteroatoms. The standard InChI is InChI=1S/C8H5NO6/c10-8(11)5-1-4(9(12)13)2-6-7(5)15-3-14-6/h1-2H,3H2,(H,10,11). The highest BCUT2D eigenvalue weighted by atomic mass is 16.7. The van der Waals surface area contributed by atoms with E-state index in [1.165, 1.54) is 0 Å². The molecule has 1 aromatic carbocycles. The summed E-state index contributed by atoms with van der Waals surface area (Å²) >= 11 is 0. The summed E-state index contributed by atoms with van der Waals surface area (Å²) in [6, 6.07) is 2.07. The molecule has 1 aromatic rings. The van der Waals surface area contributed by atoms with Gasteiger partial charge < -0.3 is 14.6 Å². The van der Waals surface area contributed by atoms with E-state index in [-0.39, 0.29) is 29.5 Å². The second-order valence-electron chi connectivity index (χ2n) is 2.79. The van der Waals surface area contributed by atoms with E-state index in [2.05, 4.69) is 0 Å². The zero-order valence-electron chi connectivity index (χ0n) is 7.30. The van der Waals surface area contributed by atoms with Crippen LogP contribution in [0.15, 0.2) is 12.1 Å². The summed E-state index contributed by atoms with van der Waals surface area (Å²) in [7, 11) is 0. The van der Waals surface area contributed by atoms with Crippen molar-refractivity contribution in [1.29, 1.82) is 0 Å². The highest BCUT2D eigenvalue weighted by molar-refractivity contribution is 5.93. The number of nitrogens with zero attached hydrogens (tertiary/aromatic N) is 1. The normalized spacial score (nSPS) is 12.5. The maximum Gasteiger partial charge on any atom is 0.339 e. The average molecular weight is 211 g/mol. The van der Waals surface area contributed by atoms with Gasteiger partial charge in [-0.2, -0.15) is 0 Å². The lowest BCUT2D eigenvalue weighted by atomic mass is 10.1. The number of nitro groups is 1. The first-order valence-corrected chi connectivity index (χ1v) is 3.91. The average Bonchev–Trinajstić information content (AvgIpc) is 2.62. The second-order valence-corrected chi connectivity index (χ2v) is 2.79. The molecule has 1 N–H and O–H groups in total. The minimum Gasteiger partial charge on any atom is -0.478 e. The van der Waals surface area contributed by atoms with Crippen LogP contribution >= 0.6 is 0 Å². The van der Waals surface area contributed by atoms with Crippen molar-refractivity contribution >= 4 is 11.7 Å². The van der Waals surface area contributed by atoms with E-state index in [0.717, 1.165) is 12.1 Å². The first kappa shape index (κ1) is 9.25. The molecule has 78 valence electrons. The van der Waals surface area contributed by atoms with Gasteiger partial charge in [0.1, 0.15) is 5.56 Å². The zero-order valence-corrected chi connectivity index (χ0v) is 7.30. The summed E-state index contributed by atoms with van der Waals surface area (Å²) in [6.45, 7) is -0.128. The van der Waals surface area contributed by atoms with Gasteiger partial charge in [-0.15, -0.1) is 0 Å². The Morgan fingerprint density at radius 3 is 2.80 bits per heavy atom. The molecule has 2 rings (SSSR count). The lowest BCUT2D eigenvalue weighted by Gasteiger charge is -2.00. The molecule has 0 saturated heterocycles. The molecule has 0 atom stereocenters. The van der Waals surface area contributed by atoms with Crippen LogP contribution in [-0.4, -0.2) is 22.8 Å². The Morgan fingerprint density at radius 1 is 1.47 bits per heavy atom. The van der Waals surface area contributed by atoms with E-state index < -0.39 is 10.9 Å². The fraction of sp³-hybridized carbons (Fsp3) is 0.125. The van der Waals surface area contributed by atoms with Gasteiger partial charge in [0.05, 0.1) is 11.0 Å². The molecule has 0 unspecified atom stereocenters. The Hall–Kier alpha value is -2.31. The first-order chi connectivity index (χ1) is 7.09. The minimum atomic E-state index is -1.29. The molecule has 0 saturated carbocycles. The van der Waals surface area contributed by atoms with Crippen LogP contribution in [0.2, 0.25) is 0 Å². The molecule has 0 fully saturated rings. The monoisotopic (exact) mass is 211 g/mol. The van der Waals surface area contributed by atoms with E-state index in [9.17, 15) is 14.9 Å². The summed E-state index contributed by atoms with van der Waals surface area (Å²) in [5.41, 5.74) is -0.603. The molecule has 0 bridgehead atoms. The molecule has 1 aliphatic rings. The van der Waals surface area contributed by atoms with Crippen molar-refractivity contribution in [3.05, 3.63) is 27.8 Å². The van der Waals surface area contributed by atoms with Gasteiger partial charge >= 0.3 is 5.97 Å². The molecule has 0 aliphatic carbocycles. The Bertz CT molecular complexity index is 455. The molecule has 1 aliphatic heterocycles. The van der Waals surface area contributed by atoms with Gasteiger partial charge in [-0.05, 0) is 0 Å². The number of benzene rings is 1. The van der Waals surface area contributed by atoms with Crippen molar-refractivity contribution in [2.45, 2.75) is 0 Å². The van der Waals surface area contributed by atoms with Crippen molar-refractivity contribution in [2.75, 3.05) is 6.79 Å². The van der Waals surface area contributed by atoms with Gasteiger partial charge in [-0.1, -0.05) is 0 Å². The van der Waals surface area contributed by atoms with Crippen molar-refractivity contribution in [3.8, 4) is 11.5 Å². The van der Waals surface area contributed by atoms with Crippen LogP contribution < -0.4 is 9.47 Å². The number of carbonyl (C=O) groups is 1. The van der Waals surface area contributed by atoms with E-state index in [4.69, 9.17) is 14.6 Å². The van der Waals surface area contributed by atoms with Crippen LogP contribution in [0.1, 0.15) is 10.4 Å². The highest BCUT2D eigenvalue weighted by Gasteiger charge is 2.26.